The fourth-order valence-corrected chi connectivity index (χ4v) is 2.16. The van der Waals surface area contributed by atoms with Gasteiger partial charge < -0.3 is 10.1 Å². The third kappa shape index (κ3) is 14.3. The molecule has 1 amide bonds. The maximum atomic E-state index is 11.4. The summed E-state index contributed by atoms with van der Waals surface area (Å²) in [4.78, 5) is 11.4. The maximum Gasteiger partial charge on any atom is 0.408 e. The van der Waals surface area contributed by atoms with Gasteiger partial charge in [0.1, 0.15) is 0 Å². The highest BCUT2D eigenvalue weighted by atomic mass is 35.5. The van der Waals surface area contributed by atoms with Crippen LogP contribution in [0.25, 0.3) is 0 Å². The first-order chi connectivity index (χ1) is 10.1. The van der Waals surface area contributed by atoms with Crippen LogP contribution in [0.5, 0.6) is 0 Å². The summed E-state index contributed by atoms with van der Waals surface area (Å²) in [5.41, 5.74) is -0.544. The predicted octanol–water partition coefficient (Wildman–Crippen LogP) is 5.85. The Hall–Kier alpha value is -0.440. The van der Waals surface area contributed by atoms with Crippen LogP contribution in [0.4, 0.5) is 4.79 Å². The van der Waals surface area contributed by atoms with Crippen molar-refractivity contribution >= 4 is 17.7 Å². The van der Waals surface area contributed by atoms with E-state index in [0.717, 1.165) is 6.42 Å². The van der Waals surface area contributed by atoms with Crippen molar-refractivity contribution in [2.75, 3.05) is 6.54 Å². The van der Waals surface area contributed by atoms with Gasteiger partial charge >= 0.3 is 6.09 Å². The normalized spacial score (nSPS) is 12.4. The van der Waals surface area contributed by atoms with Crippen molar-refractivity contribution in [2.45, 2.75) is 90.5 Å². The Balaban J connectivity index is 3.23. The van der Waals surface area contributed by atoms with Crippen molar-refractivity contribution in [2.24, 2.45) is 5.92 Å². The minimum atomic E-state index is -0.544. The van der Waals surface area contributed by atoms with E-state index >= 15 is 0 Å². The molecule has 0 bridgehead atoms. The van der Waals surface area contributed by atoms with Gasteiger partial charge in [-0.1, -0.05) is 90.2 Å². The highest BCUT2D eigenvalue weighted by molar-refractivity contribution is 6.20. The Morgan fingerprint density at radius 3 is 1.90 bits per heavy atom. The summed E-state index contributed by atoms with van der Waals surface area (Å²) in [5.74, 6) is 0.134. The first-order valence-electron chi connectivity index (χ1n) is 8.66. The third-order valence-corrected chi connectivity index (χ3v) is 4.14. The first-order valence-corrected chi connectivity index (χ1v) is 9.10. The van der Waals surface area contributed by atoms with Crippen molar-refractivity contribution in [3.63, 3.8) is 0 Å². The lowest BCUT2D eigenvalue weighted by Crippen LogP contribution is -2.29. The molecular formula is C17H34ClNO2. The number of hydrogen-bond acceptors (Lipinski definition) is 2. The molecule has 1 N–H and O–H groups in total. The van der Waals surface area contributed by atoms with E-state index in [2.05, 4.69) is 12.2 Å². The molecule has 1 unspecified atom stereocenters. The number of alkyl carbamates (subject to hydrolysis) is 1. The summed E-state index contributed by atoms with van der Waals surface area (Å²) in [5, 5.41) is 2.75. The number of halogens is 1. The Morgan fingerprint density at radius 1 is 0.952 bits per heavy atom. The van der Waals surface area contributed by atoms with Crippen LogP contribution in [0.1, 0.15) is 85.0 Å². The first kappa shape index (κ1) is 20.6. The monoisotopic (exact) mass is 319 g/mol. The second kappa shape index (κ2) is 14.5. The van der Waals surface area contributed by atoms with Gasteiger partial charge in [-0.3, -0.25) is 0 Å². The van der Waals surface area contributed by atoms with Crippen molar-refractivity contribution in [1.29, 1.82) is 0 Å². The van der Waals surface area contributed by atoms with Crippen LogP contribution in [0.2, 0.25) is 0 Å². The topological polar surface area (TPSA) is 38.3 Å². The van der Waals surface area contributed by atoms with Crippen LogP contribution < -0.4 is 5.32 Å². The number of nitrogens with one attached hydrogen (secondary N) is 1. The number of unbranched alkanes of at least 4 members (excludes halogenated alkanes) is 9. The van der Waals surface area contributed by atoms with Crippen LogP contribution in [0, 0.1) is 5.92 Å². The van der Waals surface area contributed by atoms with E-state index in [4.69, 9.17) is 16.3 Å². The Labute approximate surface area is 136 Å². The molecule has 0 radical (unpaired) electrons. The average molecular weight is 320 g/mol. The van der Waals surface area contributed by atoms with E-state index in [1.165, 1.54) is 57.8 Å². The minimum absolute atomic E-state index is 0.134. The molecule has 0 aliphatic rings. The molecule has 0 aliphatic carbocycles. The zero-order valence-electron chi connectivity index (χ0n) is 14.1. The van der Waals surface area contributed by atoms with Crippen molar-refractivity contribution < 1.29 is 9.53 Å². The van der Waals surface area contributed by atoms with Gasteiger partial charge in [0.15, 0.2) is 5.56 Å². The number of ether oxygens (including phenoxy) is 1. The van der Waals surface area contributed by atoms with Gasteiger partial charge in [-0.05, 0) is 6.42 Å². The molecule has 0 heterocycles. The largest absolute Gasteiger partial charge is 0.430 e. The molecule has 4 heteroatoms. The van der Waals surface area contributed by atoms with E-state index in [-0.39, 0.29) is 5.92 Å². The van der Waals surface area contributed by atoms with Gasteiger partial charge in [0.05, 0.1) is 0 Å². The van der Waals surface area contributed by atoms with Gasteiger partial charge in [-0.2, -0.15) is 0 Å². The summed E-state index contributed by atoms with van der Waals surface area (Å²) in [6.07, 6.45) is 12.5. The minimum Gasteiger partial charge on any atom is -0.430 e. The highest BCUT2D eigenvalue weighted by Crippen LogP contribution is 2.11. The summed E-state index contributed by atoms with van der Waals surface area (Å²) in [6.45, 7) is 6.78. The quantitative estimate of drug-likeness (QED) is 0.341. The molecular weight excluding hydrogens is 286 g/mol. The van der Waals surface area contributed by atoms with Crippen molar-refractivity contribution in [3.8, 4) is 0 Å². The van der Waals surface area contributed by atoms with Crippen LogP contribution in [-0.2, 0) is 4.74 Å². The summed E-state index contributed by atoms with van der Waals surface area (Å²) in [7, 11) is 0. The molecule has 0 saturated carbocycles. The van der Waals surface area contributed by atoms with Gasteiger partial charge in [0, 0.05) is 12.5 Å². The lowest BCUT2D eigenvalue weighted by molar-refractivity contribution is 0.114. The number of amides is 1. The van der Waals surface area contributed by atoms with E-state index in [1.54, 1.807) is 0 Å². The zero-order valence-corrected chi connectivity index (χ0v) is 14.9. The fraction of sp³-hybridized carbons (Fsp3) is 0.941. The highest BCUT2D eigenvalue weighted by Gasteiger charge is 2.14. The van der Waals surface area contributed by atoms with E-state index in [9.17, 15) is 4.79 Å². The third-order valence-electron chi connectivity index (χ3n) is 3.54. The molecule has 0 aliphatic heterocycles. The Bertz CT molecular complexity index is 247. The molecule has 0 spiro atoms. The van der Waals surface area contributed by atoms with Crippen molar-refractivity contribution in [3.05, 3.63) is 0 Å². The second-order valence-electron chi connectivity index (χ2n) is 6.11. The molecule has 0 aromatic rings. The van der Waals surface area contributed by atoms with Gasteiger partial charge in [-0.25, -0.2) is 4.79 Å². The number of carbonyl (C=O) groups is 1. The molecule has 0 aromatic heterocycles. The number of alkyl halides is 1. The van der Waals surface area contributed by atoms with E-state index < -0.39 is 11.7 Å². The van der Waals surface area contributed by atoms with Gasteiger partial charge in [0.25, 0.3) is 0 Å². The van der Waals surface area contributed by atoms with Crippen LogP contribution >= 0.6 is 11.6 Å². The maximum absolute atomic E-state index is 11.4. The molecule has 0 saturated heterocycles. The zero-order chi connectivity index (χ0) is 15.9. The molecule has 3 nitrogen and oxygen atoms in total. The molecule has 21 heavy (non-hydrogen) atoms. The van der Waals surface area contributed by atoms with Crippen LogP contribution in [0.15, 0.2) is 0 Å². The van der Waals surface area contributed by atoms with Gasteiger partial charge in [-0.15, -0.1) is 0 Å². The fourth-order valence-electron chi connectivity index (χ4n) is 2.08. The smallest absolute Gasteiger partial charge is 0.408 e. The van der Waals surface area contributed by atoms with Crippen molar-refractivity contribution in [1.82, 2.24) is 5.32 Å². The molecule has 0 aromatic carbocycles. The van der Waals surface area contributed by atoms with Crippen LogP contribution in [-0.4, -0.2) is 18.2 Å². The summed E-state index contributed by atoms with van der Waals surface area (Å²) in [6, 6.07) is 0. The predicted molar refractivity (Wildman–Crippen MR) is 90.8 cm³/mol. The number of hydrogen-bond donors (Lipinski definition) is 1. The SMILES string of the molecule is CCCCCCCCCCCCNC(=O)OC(Cl)C(C)C. The standard InChI is InChI=1S/C17H34ClNO2/c1-4-5-6-7-8-9-10-11-12-13-14-19-17(20)21-16(18)15(2)3/h15-16H,4-14H2,1-3H3,(H,19,20). The Kier molecular flexibility index (Phi) is 14.2. The van der Waals surface area contributed by atoms with Crippen LogP contribution in [0.3, 0.4) is 0 Å². The Morgan fingerprint density at radius 2 is 1.43 bits per heavy atom. The molecule has 126 valence electrons. The molecule has 0 fully saturated rings. The summed E-state index contributed by atoms with van der Waals surface area (Å²) >= 11 is 5.87. The second-order valence-corrected chi connectivity index (χ2v) is 6.54. The van der Waals surface area contributed by atoms with Gasteiger partial charge in [0.2, 0.25) is 0 Å². The summed E-state index contributed by atoms with van der Waals surface area (Å²) < 4.78 is 5.02. The molecule has 1 atom stereocenters. The van der Waals surface area contributed by atoms with E-state index in [1.807, 2.05) is 13.8 Å². The average Bonchev–Trinajstić information content (AvgIpc) is 2.44. The molecule has 0 rings (SSSR count). The number of carbonyl (C=O) groups excluding carboxylic acids is 1. The number of rotatable bonds is 13. The lowest BCUT2D eigenvalue weighted by Gasteiger charge is -2.14. The lowest BCUT2D eigenvalue weighted by atomic mass is 10.1. The van der Waals surface area contributed by atoms with E-state index in [0.29, 0.717) is 6.54 Å².